The predicted octanol–water partition coefficient (Wildman–Crippen LogP) is 2.37. The van der Waals surface area contributed by atoms with Gasteiger partial charge >= 0.3 is 11.9 Å². The van der Waals surface area contributed by atoms with Crippen molar-refractivity contribution < 1.29 is 29.6 Å². The lowest BCUT2D eigenvalue weighted by Gasteiger charge is -2.17. The highest BCUT2D eigenvalue weighted by Gasteiger charge is 2.23. The molecule has 1 aliphatic heterocycles. The van der Waals surface area contributed by atoms with Crippen LogP contribution in [0.25, 0.3) is 0 Å². The fourth-order valence-electron chi connectivity index (χ4n) is 2.69. The van der Waals surface area contributed by atoms with Crippen molar-refractivity contribution in [3.05, 3.63) is 77.9 Å². The van der Waals surface area contributed by atoms with Crippen LogP contribution in [0.15, 0.2) is 66.7 Å². The summed E-state index contributed by atoms with van der Waals surface area (Å²) >= 11 is 0. The van der Waals surface area contributed by atoms with E-state index in [2.05, 4.69) is 17.4 Å². The smallest absolute Gasteiger partial charge is 0.328 e. The van der Waals surface area contributed by atoms with Gasteiger partial charge in [0.15, 0.2) is 0 Å². The van der Waals surface area contributed by atoms with Crippen molar-refractivity contribution in [2.45, 2.75) is 25.1 Å². The number of hydrogen-bond acceptors (Lipinski definition) is 5. The minimum atomic E-state index is -1.26. The van der Waals surface area contributed by atoms with Gasteiger partial charge in [0.1, 0.15) is 12.4 Å². The molecule has 4 N–H and O–H groups in total. The highest BCUT2D eigenvalue weighted by molar-refractivity contribution is 5.89. The molecule has 28 heavy (non-hydrogen) atoms. The number of benzene rings is 2. The lowest BCUT2D eigenvalue weighted by atomic mass is 10.0. The van der Waals surface area contributed by atoms with Crippen LogP contribution in [-0.2, 0) is 16.1 Å². The first kappa shape index (κ1) is 21.1. The molecule has 0 saturated carbocycles. The second-order valence-electron chi connectivity index (χ2n) is 6.17. The first-order valence-electron chi connectivity index (χ1n) is 8.76. The fraction of sp³-hybridized carbons (Fsp3) is 0.238. The molecule has 7 heteroatoms. The zero-order valence-corrected chi connectivity index (χ0v) is 15.2. The van der Waals surface area contributed by atoms with Gasteiger partial charge in [0.2, 0.25) is 0 Å². The van der Waals surface area contributed by atoms with E-state index in [1.54, 1.807) is 0 Å². The Morgan fingerprint density at radius 3 is 2.25 bits per heavy atom. The molecule has 0 saturated heterocycles. The maximum Gasteiger partial charge on any atom is 0.328 e. The molecule has 0 spiro atoms. The second kappa shape index (κ2) is 10.9. The lowest BCUT2D eigenvalue weighted by molar-refractivity contribution is -0.134. The van der Waals surface area contributed by atoms with Crippen LogP contribution in [0.2, 0.25) is 0 Å². The molecule has 0 bridgehead atoms. The standard InChI is InChI=1S/C17H19NO2.C4H4O4/c19-16-10-14(18-11-13-6-2-1-3-7-13)12-20-17-9-5-4-8-15(16)17;5-3(6)1-2-4(7)8/h1-9,14,16,18-19H,10-12H2;1-2H,(H,5,6)(H,7,8)/b;2-1-/t14-,16-;/m0./s1. The van der Waals surface area contributed by atoms with Crippen LogP contribution < -0.4 is 10.1 Å². The van der Waals surface area contributed by atoms with Gasteiger partial charge in [-0.05, 0) is 18.1 Å². The minimum absolute atomic E-state index is 0.151. The molecular formula is C21H23NO6. The van der Waals surface area contributed by atoms with E-state index < -0.39 is 18.0 Å². The topological polar surface area (TPSA) is 116 Å². The van der Waals surface area contributed by atoms with Gasteiger partial charge in [-0.1, -0.05) is 48.5 Å². The third-order valence-corrected chi connectivity index (χ3v) is 4.03. The largest absolute Gasteiger partial charge is 0.492 e. The summed E-state index contributed by atoms with van der Waals surface area (Å²) in [5.74, 6) is -1.72. The van der Waals surface area contributed by atoms with Gasteiger partial charge in [-0.3, -0.25) is 0 Å². The van der Waals surface area contributed by atoms with Gasteiger partial charge in [-0.15, -0.1) is 0 Å². The van der Waals surface area contributed by atoms with Gasteiger partial charge in [0.25, 0.3) is 0 Å². The molecule has 148 valence electrons. The Bertz CT molecular complexity index is 790. The summed E-state index contributed by atoms with van der Waals surface area (Å²) in [5, 5.41) is 29.4. The monoisotopic (exact) mass is 385 g/mol. The molecule has 2 aromatic carbocycles. The Morgan fingerprint density at radius 2 is 1.61 bits per heavy atom. The average molecular weight is 385 g/mol. The van der Waals surface area contributed by atoms with Crippen LogP contribution in [0.1, 0.15) is 23.7 Å². The Labute approximate surface area is 162 Å². The summed E-state index contributed by atoms with van der Waals surface area (Å²) in [6.07, 6.45) is 1.32. The molecule has 2 aromatic rings. The number of aliphatic hydroxyl groups is 1. The normalized spacial score (nSPS) is 18.2. The van der Waals surface area contributed by atoms with Crippen LogP contribution in [0.4, 0.5) is 0 Å². The van der Waals surface area contributed by atoms with Gasteiger partial charge in [0, 0.05) is 30.3 Å². The number of carbonyl (C=O) groups is 2. The summed E-state index contributed by atoms with van der Waals surface area (Å²) in [4.78, 5) is 19.1. The SMILES string of the molecule is O=C(O)/C=C\C(=O)O.O[C@H]1C[C@H](NCc2ccccc2)COc2ccccc21. The van der Waals surface area contributed by atoms with E-state index >= 15 is 0 Å². The van der Waals surface area contributed by atoms with E-state index in [9.17, 15) is 14.7 Å². The van der Waals surface area contributed by atoms with Gasteiger partial charge in [0.05, 0.1) is 6.10 Å². The lowest BCUT2D eigenvalue weighted by Crippen LogP contribution is -2.34. The Morgan fingerprint density at radius 1 is 1.00 bits per heavy atom. The summed E-state index contributed by atoms with van der Waals surface area (Å²) in [6.45, 7) is 1.37. The highest BCUT2D eigenvalue weighted by atomic mass is 16.5. The van der Waals surface area contributed by atoms with E-state index in [0.717, 1.165) is 17.9 Å². The summed E-state index contributed by atoms with van der Waals surface area (Å²) in [6, 6.07) is 18.1. The van der Waals surface area contributed by atoms with Gasteiger partial charge in [-0.2, -0.15) is 0 Å². The molecule has 7 nitrogen and oxygen atoms in total. The average Bonchev–Trinajstić information content (AvgIpc) is 2.85. The predicted molar refractivity (Wildman–Crippen MR) is 103 cm³/mol. The number of aliphatic carboxylic acids is 2. The maximum absolute atomic E-state index is 10.3. The summed E-state index contributed by atoms with van der Waals surface area (Å²) < 4.78 is 5.80. The van der Waals surface area contributed by atoms with Crippen LogP contribution in [-0.4, -0.2) is 39.9 Å². The number of carboxylic acid groups (broad SMARTS) is 2. The zero-order chi connectivity index (χ0) is 20.4. The number of rotatable bonds is 5. The van der Waals surface area contributed by atoms with Crippen molar-refractivity contribution in [1.82, 2.24) is 5.32 Å². The number of hydrogen-bond donors (Lipinski definition) is 4. The second-order valence-corrected chi connectivity index (χ2v) is 6.17. The van der Waals surface area contributed by atoms with E-state index in [4.69, 9.17) is 14.9 Å². The quantitative estimate of drug-likeness (QED) is 0.584. The molecule has 3 rings (SSSR count). The number of fused-ring (bicyclic) bond motifs is 1. The number of carboxylic acids is 2. The van der Waals surface area contributed by atoms with Crippen LogP contribution in [0, 0.1) is 0 Å². The number of nitrogens with one attached hydrogen (secondary N) is 1. The van der Waals surface area contributed by atoms with Gasteiger partial charge < -0.3 is 25.4 Å². The first-order valence-corrected chi connectivity index (χ1v) is 8.76. The first-order chi connectivity index (χ1) is 13.5. The molecule has 1 heterocycles. The van der Waals surface area contributed by atoms with E-state index in [0.29, 0.717) is 25.2 Å². The molecular weight excluding hydrogens is 362 g/mol. The number of aliphatic hydroxyl groups excluding tert-OH is 1. The Balaban J connectivity index is 0.000000300. The Kier molecular flexibility index (Phi) is 8.20. The Hall–Kier alpha value is -3.16. The maximum atomic E-state index is 10.3. The molecule has 0 fully saturated rings. The molecule has 0 radical (unpaired) electrons. The van der Waals surface area contributed by atoms with Crippen LogP contribution in [0.3, 0.4) is 0 Å². The van der Waals surface area contributed by atoms with E-state index in [1.165, 1.54) is 5.56 Å². The molecule has 0 amide bonds. The number of ether oxygens (including phenoxy) is 1. The van der Waals surface area contributed by atoms with Crippen molar-refractivity contribution in [3.63, 3.8) is 0 Å². The van der Waals surface area contributed by atoms with Gasteiger partial charge in [-0.25, -0.2) is 9.59 Å². The molecule has 0 aliphatic carbocycles. The van der Waals surface area contributed by atoms with E-state index in [1.807, 2.05) is 42.5 Å². The number of para-hydroxylation sites is 1. The van der Waals surface area contributed by atoms with Crippen molar-refractivity contribution in [1.29, 1.82) is 0 Å². The third kappa shape index (κ3) is 7.22. The third-order valence-electron chi connectivity index (χ3n) is 4.03. The van der Waals surface area contributed by atoms with Crippen molar-refractivity contribution in [3.8, 4) is 5.75 Å². The van der Waals surface area contributed by atoms with E-state index in [-0.39, 0.29) is 6.04 Å². The minimum Gasteiger partial charge on any atom is -0.492 e. The highest BCUT2D eigenvalue weighted by Crippen LogP contribution is 2.31. The van der Waals surface area contributed by atoms with Crippen molar-refractivity contribution in [2.24, 2.45) is 0 Å². The van der Waals surface area contributed by atoms with Crippen LogP contribution >= 0.6 is 0 Å². The van der Waals surface area contributed by atoms with Crippen LogP contribution in [0.5, 0.6) is 5.75 Å². The zero-order valence-electron chi connectivity index (χ0n) is 15.2. The molecule has 1 aliphatic rings. The molecule has 2 atom stereocenters. The molecule has 0 unspecified atom stereocenters. The van der Waals surface area contributed by atoms with Crippen molar-refractivity contribution >= 4 is 11.9 Å². The summed E-state index contributed by atoms with van der Waals surface area (Å²) in [5.41, 5.74) is 2.13. The fourth-order valence-corrected chi connectivity index (χ4v) is 2.69. The molecule has 0 aromatic heterocycles. The summed E-state index contributed by atoms with van der Waals surface area (Å²) in [7, 11) is 0. The van der Waals surface area contributed by atoms with Crippen molar-refractivity contribution in [2.75, 3.05) is 6.61 Å².